The lowest BCUT2D eigenvalue weighted by Crippen LogP contribution is -2.33. The molecule has 1 aliphatic rings. The molecular formula is C21H21ClN2O5. The smallest absolute Gasteiger partial charge is 0.311 e. The monoisotopic (exact) mass is 416 g/mol. The second-order valence-corrected chi connectivity index (χ2v) is 7.05. The molecule has 1 saturated heterocycles. The van der Waals surface area contributed by atoms with Crippen LogP contribution in [0.3, 0.4) is 0 Å². The average Bonchev–Trinajstić information content (AvgIpc) is 3.13. The van der Waals surface area contributed by atoms with Gasteiger partial charge in [-0.3, -0.25) is 14.4 Å². The molecule has 7 nitrogen and oxygen atoms in total. The minimum atomic E-state index is -0.666. The van der Waals surface area contributed by atoms with Gasteiger partial charge in [-0.05, 0) is 30.3 Å². The van der Waals surface area contributed by atoms with Crippen molar-refractivity contribution in [1.29, 1.82) is 0 Å². The van der Waals surface area contributed by atoms with E-state index in [1.54, 1.807) is 37.4 Å². The van der Waals surface area contributed by atoms with Gasteiger partial charge >= 0.3 is 5.97 Å². The second-order valence-electron chi connectivity index (χ2n) is 6.62. The highest BCUT2D eigenvalue weighted by atomic mass is 35.5. The molecule has 0 unspecified atom stereocenters. The molecule has 2 aromatic rings. The Morgan fingerprint density at radius 2 is 1.93 bits per heavy atom. The van der Waals surface area contributed by atoms with Gasteiger partial charge in [0.05, 0.1) is 18.7 Å². The first-order chi connectivity index (χ1) is 13.9. The summed E-state index contributed by atoms with van der Waals surface area (Å²) in [7, 11) is 3.10. The van der Waals surface area contributed by atoms with E-state index in [9.17, 15) is 14.4 Å². The van der Waals surface area contributed by atoms with Crippen LogP contribution in [0.15, 0.2) is 48.5 Å². The second kappa shape index (κ2) is 8.96. The third kappa shape index (κ3) is 4.68. The Bertz CT molecular complexity index is 919. The van der Waals surface area contributed by atoms with Gasteiger partial charge in [-0.25, -0.2) is 0 Å². The lowest BCUT2D eigenvalue weighted by atomic mass is 10.1. The minimum Gasteiger partial charge on any atom is -0.495 e. The fourth-order valence-corrected chi connectivity index (χ4v) is 3.28. The van der Waals surface area contributed by atoms with Crippen LogP contribution in [0.2, 0.25) is 5.02 Å². The largest absolute Gasteiger partial charge is 0.495 e. The van der Waals surface area contributed by atoms with Crippen molar-refractivity contribution < 1.29 is 23.9 Å². The first-order valence-corrected chi connectivity index (χ1v) is 9.40. The van der Waals surface area contributed by atoms with Gasteiger partial charge in [0.25, 0.3) is 5.91 Å². The van der Waals surface area contributed by atoms with Crippen LogP contribution in [0.5, 0.6) is 5.75 Å². The van der Waals surface area contributed by atoms with Gasteiger partial charge in [-0.2, -0.15) is 0 Å². The van der Waals surface area contributed by atoms with Gasteiger partial charge in [0.2, 0.25) is 5.91 Å². The van der Waals surface area contributed by atoms with Crippen LogP contribution in [0.4, 0.5) is 11.4 Å². The number of hydrogen-bond donors (Lipinski definition) is 0. The highest BCUT2D eigenvalue weighted by Gasteiger charge is 2.37. The van der Waals surface area contributed by atoms with Crippen molar-refractivity contribution in [3.63, 3.8) is 0 Å². The zero-order chi connectivity index (χ0) is 21.0. The molecule has 8 heteroatoms. The predicted octanol–water partition coefficient (Wildman–Crippen LogP) is 2.91. The summed E-state index contributed by atoms with van der Waals surface area (Å²) >= 11 is 6.04. The highest BCUT2D eigenvalue weighted by molar-refractivity contribution is 6.31. The Morgan fingerprint density at radius 1 is 1.21 bits per heavy atom. The maximum atomic E-state index is 12.4. The molecule has 2 amide bonds. The number of carbonyl (C=O) groups is 3. The summed E-state index contributed by atoms with van der Waals surface area (Å²) in [5.41, 5.74) is 1.20. The number of likely N-dealkylation sites (N-methyl/N-ethyl adjacent to an activating group) is 1. The number of benzene rings is 2. The summed E-state index contributed by atoms with van der Waals surface area (Å²) in [5.74, 6) is -1.36. The minimum absolute atomic E-state index is 0.00276. The van der Waals surface area contributed by atoms with Crippen molar-refractivity contribution >= 4 is 40.8 Å². The third-order valence-corrected chi connectivity index (χ3v) is 4.98. The van der Waals surface area contributed by atoms with Gasteiger partial charge < -0.3 is 19.3 Å². The number of methoxy groups -OCH3 is 1. The third-order valence-electron chi connectivity index (χ3n) is 4.75. The Hall–Kier alpha value is -3.06. The number of anilines is 2. The van der Waals surface area contributed by atoms with E-state index in [-0.39, 0.29) is 24.8 Å². The molecule has 29 heavy (non-hydrogen) atoms. The van der Waals surface area contributed by atoms with E-state index in [4.69, 9.17) is 21.1 Å². The maximum Gasteiger partial charge on any atom is 0.311 e. The molecule has 152 valence electrons. The zero-order valence-electron chi connectivity index (χ0n) is 16.1. The van der Waals surface area contributed by atoms with Crippen molar-refractivity contribution in [2.24, 2.45) is 5.92 Å². The van der Waals surface area contributed by atoms with Gasteiger partial charge in [-0.15, -0.1) is 0 Å². The molecule has 0 saturated carbocycles. The predicted molar refractivity (Wildman–Crippen MR) is 109 cm³/mol. The molecule has 0 aliphatic carbocycles. The van der Waals surface area contributed by atoms with Crippen molar-refractivity contribution in [3.05, 3.63) is 53.6 Å². The lowest BCUT2D eigenvalue weighted by Gasteiger charge is -2.20. The summed E-state index contributed by atoms with van der Waals surface area (Å²) in [5, 5.41) is 0.453. The van der Waals surface area contributed by atoms with Gasteiger partial charge in [0.15, 0.2) is 6.61 Å². The first-order valence-electron chi connectivity index (χ1n) is 9.03. The highest BCUT2D eigenvalue weighted by Crippen LogP contribution is 2.35. The fourth-order valence-electron chi connectivity index (χ4n) is 3.12. The van der Waals surface area contributed by atoms with E-state index in [1.165, 1.54) is 16.9 Å². The summed E-state index contributed by atoms with van der Waals surface area (Å²) in [6, 6.07) is 14.0. The van der Waals surface area contributed by atoms with Crippen LogP contribution in [0.25, 0.3) is 0 Å². The first kappa shape index (κ1) is 20.7. The zero-order valence-corrected chi connectivity index (χ0v) is 16.9. The number of amides is 2. The fraction of sp³-hybridized carbons (Fsp3) is 0.286. The summed E-state index contributed by atoms with van der Waals surface area (Å²) < 4.78 is 10.5. The molecule has 2 aromatic carbocycles. The Morgan fingerprint density at radius 3 is 2.62 bits per heavy atom. The number of carbonyl (C=O) groups excluding carboxylic acids is 3. The molecule has 0 bridgehead atoms. The number of para-hydroxylation sites is 1. The van der Waals surface area contributed by atoms with E-state index in [0.717, 1.165) is 0 Å². The quantitative estimate of drug-likeness (QED) is 0.677. The van der Waals surface area contributed by atoms with Crippen molar-refractivity contribution in [3.8, 4) is 5.75 Å². The molecule has 0 spiro atoms. The van der Waals surface area contributed by atoms with Crippen molar-refractivity contribution in [2.75, 3.05) is 37.1 Å². The van der Waals surface area contributed by atoms with E-state index >= 15 is 0 Å². The molecule has 0 aromatic heterocycles. The van der Waals surface area contributed by atoms with Crippen LogP contribution >= 0.6 is 11.6 Å². The van der Waals surface area contributed by atoms with E-state index in [2.05, 4.69) is 0 Å². The molecule has 0 N–H and O–H groups in total. The van der Waals surface area contributed by atoms with Crippen molar-refractivity contribution in [2.45, 2.75) is 6.42 Å². The molecule has 0 radical (unpaired) electrons. The van der Waals surface area contributed by atoms with Crippen LogP contribution in [-0.2, 0) is 19.1 Å². The van der Waals surface area contributed by atoms with Gasteiger partial charge in [0.1, 0.15) is 5.75 Å². The Balaban J connectivity index is 1.61. The number of halogens is 1. The number of rotatable bonds is 6. The Kier molecular flexibility index (Phi) is 6.39. The summed E-state index contributed by atoms with van der Waals surface area (Å²) in [4.78, 5) is 40.0. The summed E-state index contributed by atoms with van der Waals surface area (Å²) in [6.07, 6.45) is -0.00276. The molecular weight excluding hydrogens is 396 g/mol. The standard InChI is InChI=1S/C21H21ClN2O5/c1-23(16-6-4-3-5-7-16)20(26)13-29-21(27)14-10-19(25)24(12-14)17-11-15(22)8-9-18(17)28-2/h3-9,11,14H,10,12-13H2,1-2H3/t14-/m0/s1. The molecule has 1 heterocycles. The van der Waals surface area contributed by atoms with Crippen LogP contribution in [0.1, 0.15) is 6.42 Å². The van der Waals surface area contributed by atoms with Crippen LogP contribution in [0, 0.1) is 5.92 Å². The Labute approximate surface area is 173 Å². The van der Waals surface area contributed by atoms with E-state index < -0.39 is 18.5 Å². The number of hydrogen-bond acceptors (Lipinski definition) is 5. The number of ether oxygens (including phenoxy) is 2. The molecule has 3 rings (SSSR count). The number of nitrogens with zero attached hydrogens (tertiary/aromatic N) is 2. The van der Waals surface area contributed by atoms with Crippen molar-refractivity contribution in [1.82, 2.24) is 0 Å². The average molecular weight is 417 g/mol. The molecule has 1 aliphatic heterocycles. The van der Waals surface area contributed by atoms with E-state index in [1.807, 2.05) is 18.2 Å². The number of esters is 1. The van der Waals surface area contributed by atoms with Crippen LogP contribution < -0.4 is 14.5 Å². The van der Waals surface area contributed by atoms with Crippen LogP contribution in [-0.4, -0.2) is 45.1 Å². The van der Waals surface area contributed by atoms with Gasteiger partial charge in [-0.1, -0.05) is 29.8 Å². The van der Waals surface area contributed by atoms with E-state index in [0.29, 0.717) is 22.1 Å². The lowest BCUT2D eigenvalue weighted by molar-refractivity contribution is -0.151. The molecule has 1 atom stereocenters. The SMILES string of the molecule is COc1ccc(Cl)cc1N1C[C@@H](C(=O)OCC(=O)N(C)c2ccccc2)CC1=O. The molecule has 1 fully saturated rings. The van der Waals surface area contributed by atoms with Gasteiger partial charge in [0, 0.05) is 30.7 Å². The maximum absolute atomic E-state index is 12.4. The topological polar surface area (TPSA) is 76.2 Å². The normalized spacial score (nSPS) is 15.9. The summed E-state index contributed by atoms with van der Waals surface area (Å²) in [6.45, 7) is -0.257.